The maximum Gasteiger partial charge on any atom is 0.193 e. The fourth-order valence-electron chi connectivity index (χ4n) is 2.47. The molecule has 0 aliphatic heterocycles. The summed E-state index contributed by atoms with van der Waals surface area (Å²) in [5, 5.41) is 3.39. The lowest BCUT2D eigenvalue weighted by atomic mass is 10.1. The Bertz CT molecular complexity index is 490. The average molecular weight is 335 g/mol. The number of aliphatic imine (C=N–C) groups is 1. The number of nitrogens with one attached hydrogen (secondary N) is 1. The maximum absolute atomic E-state index is 5.10. The van der Waals surface area contributed by atoms with E-state index < -0.39 is 0 Å². The van der Waals surface area contributed by atoms with E-state index in [1.807, 2.05) is 0 Å². The summed E-state index contributed by atoms with van der Waals surface area (Å²) in [5.41, 5.74) is 2.66. The fraction of sp³-hybridized carbons (Fsp3) is 0.632. The summed E-state index contributed by atoms with van der Waals surface area (Å²) in [7, 11) is 5.96. The molecule has 0 atom stereocenters. The lowest BCUT2D eigenvalue weighted by Gasteiger charge is -2.23. The molecule has 0 aliphatic carbocycles. The van der Waals surface area contributed by atoms with Gasteiger partial charge in [0.05, 0.1) is 6.61 Å². The topological polar surface area (TPSA) is 40.1 Å². The van der Waals surface area contributed by atoms with E-state index in [9.17, 15) is 0 Å². The van der Waals surface area contributed by atoms with Crippen LogP contribution in [0.4, 0.5) is 0 Å². The van der Waals surface area contributed by atoms with E-state index in [-0.39, 0.29) is 0 Å². The molecule has 0 spiro atoms. The van der Waals surface area contributed by atoms with Gasteiger partial charge in [0, 0.05) is 40.3 Å². The number of hydrogen-bond donors (Lipinski definition) is 1. The van der Waals surface area contributed by atoms with Crippen LogP contribution in [0.15, 0.2) is 29.3 Å². The summed E-state index contributed by atoms with van der Waals surface area (Å²) >= 11 is 0. The predicted molar refractivity (Wildman–Crippen MR) is 103 cm³/mol. The normalized spacial score (nSPS) is 11.8. The van der Waals surface area contributed by atoms with Crippen LogP contribution in [0.1, 0.15) is 24.5 Å². The van der Waals surface area contributed by atoms with Gasteiger partial charge in [-0.15, -0.1) is 0 Å². The first-order valence-corrected chi connectivity index (χ1v) is 8.80. The van der Waals surface area contributed by atoms with Crippen LogP contribution in [-0.2, 0) is 11.3 Å². The van der Waals surface area contributed by atoms with Gasteiger partial charge < -0.3 is 19.9 Å². The highest BCUT2D eigenvalue weighted by atomic mass is 16.5. The first-order chi connectivity index (χ1) is 11.6. The molecule has 0 heterocycles. The minimum Gasteiger partial charge on any atom is -0.383 e. The second-order valence-corrected chi connectivity index (χ2v) is 6.17. The van der Waals surface area contributed by atoms with E-state index in [1.165, 1.54) is 11.1 Å². The summed E-state index contributed by atoms with van der Waals surface area (Å²) in [4.78, 5) is 9.24. The summed E-state index contributed by atoms with van der Waals surface area (Å²) in [6.45, 7) is 9.62. The number of likely N-dealkylation sites (N-methyl/N-ethyl adjacent to an activating group) is 1. The quantitative estimate of drug-likeness (QED) is 0.405. The van der Waals surface area contributed by atoms with Crippen LogP contribution >= 0.6 is 0 Å². The van der Waals surface area contributed by atoms with Crippen molar-refractivity contribution in [3.8, 4) is 0 Å². The van der Waals surface area contributed by atoms with Gasteiger partial charge in [0.15, 0.2) is 5.96 Å². The molecular formula is C19H34N4O. The number of nitrogens with zero attached hydrogens (tertiary/aromatic N) is 3. The number of rotatable bonds is 10. The van der Waals surface area contributed by atoms with Crippen LogP contribution < -0.4 is 5.32 Å². The lowest BCUT2D eigenvalue weighted by Crippen LogP contribution is -2.38. The summed E-state index contributed by atoms with van der Waals surface area (Å²) < 4.78 is 5.10. The van der Waals surface area contributed by atoms with Gasteiger partial charge in [-0.3, -0.25) is 4.99 Å². The molecule has 0 fully saturated rings. The fourth-order valence-corrected chi connectivity index (χ4v) is 2.47. The van der Waals surface area contributed by atoms with Gasteiger partial charge in [-0.25, -0.2) is 0 Å². The highest BCUT2D eigenvalue weighted by Gasteiger charge is 2.07. The third-order valence-electron chi connectivity index (χ3n) is 4.00. The molecule has 0 saturated carbocycles. The molecule has 24 heavy (non-hydrogen) atoms. The predicted octanol–water partition coefficient (Wildman–Crippen LogP) is 2.36. The second-order valence-electron chi connectivity index (χ2n) is 6.17. The van der Waals surface area contributed by atoms with Crippen molar-refractivity contribution in [3.63, 3.8) is 0 Å². The van der Waals surface area contributed by atoms with Gasteiger partial charge >= 0.3 is 0 Å². The van der Waals surface area contributed by atoms with Gasteiger partial charge in [-0.2, -0.15) is 0 Å². The van der Waals surface area contributed by atoms with Crippen molar-refractivity contribution in [2.75, 3.05) is 54.0 Å². The van der Waals surface area contributed by atoms with Gasteiger partial charge in [-0.1, -0.05) is 24.3 Å². The minimum atomic E-state index is 0.779. The van der Waals surface area contributed by atoms with Crippen LogP contribution in [0.3, 0.4) is 0 Å². The van der Waals surface area contributed by atoms with Crippen molar-refractivity contribution in [1.82, 2.24) is 15.1 Å². The zero-order chi connectivity index (χ0) is 17.8. The van der Waals surface area contributed by atoms with Crippen molar-refractivity contribution in [3.05, 3.63) is 35.4 Å². The number of aryl methyl sites for hydroxylation is 1. The van der Waals surface area contributed by atoms with E-state index >= 15 is 0 Å². The molecule has 1 rings (SSSR count). The van der Waals surface area contributed by atoms with Crippen LogP contribution in [0.5, 0.6) is 0 Å². The summed E-state index contributed by atoms with van der Waals surface area (Å²) in [6, 6.07) is 8.51. The zero-order valence-electron chi connectivity index (χ0n) is 16.0. The second kappa shape index (κ2) is 11.9. The van der Waals surface area contributed by atoms with Gasteiger partial charge in [0.25, 0.3) is 0 Å². The van der Waals surface area contributed by atoms with Crippen molar-refractivity contribution in [2.45, 2.75) is 26.8 Å². The van der Waals surface area contributed by atoms with E-state index in [2.05, 4.69) is 67.3 Å². The molecule has 5 nitrogen and oxygen atoms in total. The third kappa shape index (κ3) is 7.79. The van der Waals surface area contributed by atoms with Crippen molar-refractivity contribution in [2.24, 2.45) is 4.99 Å². The van der Waals surface area contributed by atoms with Crippen LogP contribution in [-0.4, -0.2) is 69.8 Å². The Kier molecular flexibility index (Phi) is 10.1. The Morgan fingerprint density at radius 2 is 1.96 bits per heavy atom. The number of benzene rings is 1. The third-order valence-corrected chi connectivity index (χ3v) is 4.00. The smallest absolute Gasteiger partial charge is 0.193 e. The Balaban J connectivity index is 2.50. The molecule has 1 N–H and O–H groups in total. The Hall–Kier alpha value is -1.59. The average Bonchev–Trinajstić information content (AvgIpc) is 2.57. The zero-order valence-corrected chi connectivity index (χ0v) is 16.0. The van der Waals surface area contributed by atoms with Gasteiger partial charge in [-0.05, 0) is 45.0 Å². The standard InChI is InChI=1S/C19H34N4O/c1-6-20-19(21-12-9-13-22(3)14-15-24-5)23(4)16-18-11-8-7-10-17(18)2/h7-8,10-11H,6,9,12-16H2,1-5H3,(H,20,21). The van der Waals surface area contributed by atoms with E-state index in [0.717, 1.165) is 51.7 Å². The molecule has 0 unspecified atom stereocenters. The van der Waals surface area contributed by atoms with Crippen molar-refractivity contribution >= 4 is 5.96 Å². The number of hydrogen-bond acceptors (Lipinski definition) is 3. The van der Waals surface area contributed by atoms with E-state index in [0.29, 0.717) is 0 Å². The number of ether oxygens (including phenoxy) is 1. The summed E-state index contributed by atoms with van der Waals surface area (Å²) in [6.07, 6.45) is 1.05. The minimum absolute atomic E-state index is 0.779. The molecular weight excluding hydrogens is 300 g/mol. The van der Waals surface area contributed by atoms with Crippen LogP contribution in [0.25, 0.3) is 0 Å². The van der Waals surface area contributed by atoms with Crippen molar-refractivity contribution < 1.29 is 4.74 Å². The molecule has 136 valence electrons. The van der Waals surface area contributed by atoms with E-state index in [4.69, 9.17) is 9.73 Å². The van der Waals surface area contributed by atoms with Crippen LogP contribution in [0.2, 0.25) is 0 Å². The molecule has 1 aromatic carbocycles. The summed E-state index contributed by atoms with van der Waals surface area (Å²) in [5.74, 6) is 0.972. The van der Waals surface area contributed by atoms with Gasteiger partial charge in [0.1, 0.15) is 0 Å². The Labute approximate surface area is 147 Å². The lowest BCUT2D eigenvalue weighted by molar-refractivity contribution is 0.161. The molecule has 0 saturated heterocycles. The molecule has 0 radical (unpaired) electrons. The highest BCUT2D eigenvalue weighted by Crippen LogP contribution is 2.09. The molecule has 0 aromatic heterocycles. The van der Waals surface area contributed by atoms with Crippen molar-refractivity contribution in [1.29, 1.82) is 0 Å². The largest absolute Gasteiger partial charge is 0.383 e. The first kappa shape index (κ1) is 20.5. The first-order valence-electron chi connectivity index (χ1n) is 8.80. The number of methoxy groups -OCH3 is 1. The molecule has 0 amide bonds. The highest BCUT2D eigenvalue weighted by molar-refractivity contribution is 5.79. The van der Waals surface area contributed by atoms with Gasteiger partial charge in [0.2, 0.25) is 0 Å². The molecule has 0 bridgehead atoms. The van der Waals surface area contributed by atoms with Crippen LogP contribution in [0, 0.1) is 6.92 Å². The number of guanidine groups is 1. The maximum atomic E-state index is 5.10. The molecule has 1 aromatic rings. The monoisotopic (exact) mass is 334 g/mol. The SMILES string of the molecule is CCNC(=NCCCN(C)CCOC)N(C)Cc1ccccc1C. The Morgan fingerprint density at radius 3 is 2.62 bits per heavy atom. The van der Waals surface area contributed by atoms with E-state index in [1.54, 1.807) is 7.11 Å². The molecule has 0 aliphatic rings. The molecule has 5 heteroatoms. The Morgan fingerprint density at radius 1 is 1.21 bits per heavy atom.